The molecule has 3 rings (SSSR count). The number of amides is 1. The van der Waals surface area contributed by atoms with E-state index in [1.165, 1.54) is 5.56 Å². The Morgan fingerprint density at radius 2 is 2.12 bits per heavy atom. The lowest BCUT2D eigenvalue weighted by molar-refractivity contribution is -0.123. The lowest BCUT2D eigenvalue weighted by Gasteiger charge is -2.12. The van der Waals surface area contributed by atoms with Gasteiger partial charge >= 0.3 is 0 Å². The van der Waals surface area contributed by atoms with Crippen molar-refractivity contribution >= 4 is 21.8 Å². The minimum Gasteiger partial charge on any atom is -0.483 e. The highest BCUT2D eigenvalue weighted by Crippen LogP contribution is 2.26. The average molecular weight is 414 g/mol. The summed E-state index contributed by atoms with van der Waals surface area (Å²) in [5.41, 5.74) is 3.21. The van der Waals surface area contributed by atoms with E-state index >= 15 is 0 Å². The summed E-state index contributed by atoms with van der Waals surface area (Å²) < 4.78 is 8.39. The molecule has 0 saturated heterocycles. The zero-order chi connectivity index (χ0) is 18.4. The van der Waals surface area contributed by atoms with Crippen molar-refractivity contribution in [2.24, 2.45) is 0 Å². The van der Waals surface area contributed by atoms with Crippen LogP contribution in [-0.4, -0.2) is 22.1 Å². The molecule has 1 heterocycles. The molecule has 1 amide bonds. The van der Waals surface area contributed by atoms with Gasteiger partial charge in [-0.05, 0) is 51.7 Å². The zero-order valence-corrected chi connectivity index (χ0v) is 16.1. The third-order valence-corrected chi connectivity index (χ3v) is 4.63. The third kappa shape index (κ3) is 4.52. The summed E-state index contributed by atoms with van der Waals surface area (Å²) in [6.45, 7) is 2.49. The molecular weight excluding hydrogens is 394 g/mol. The number of benzene rings is 2. The fourth-order valence-corrected chi connectivity index (χ4v) is 3.12. The van der Waals surface area contributed by atoms with Crippen molar-refractivity contribution in [2.45, 2.75) is 19.9 Å². The Hall–Kier alpha value is -2.60. The van der Waals surface area contributed by atoms with Crippen LogP contribution in [0.5, 0.6) is 5.75 Å². The number of aromatic nitrogens is 2. The molecule has 5 nitrogen and oxygen atoms in total. The number of hydrogen-bond acceptors (Lipinski definition) is 3. The molecule has 1 N–H and O–H groups in total. The van der Waals surface area contributed by atoms with Crippen molar-refractivity contribution in [2.75, 3.05) is 6.61 Å². The summed E-state index contributed by atoms with van der Waals surface area (Å²) in [6.07, 6.45) is 6.29. The number of carbonyl (C=O) groups is 1. The molecule has 0 spiro atoms. The highest BCUT2D eigenvalue weighted by Gasteiger charge is 2.08. The number of nitrogens with zero attached hydrogens (tertiary/aromatic N) is 2. The molecule has 1 aromatic heterocycles. The van der Waals surface area contributed by atoms with Gasteiger partial charge in [0.25, 0.3) is 5.91 Å². The van der Waals surface area contributed by atoms with Gasteiger partial charge in [-0.15, -0.1) is 0 Å². The average Bonchev–Trinajstić information content (AvgIpc) is 3.20. The van der Waals surface area contributed by atoms with Gasteiger partial charge in [0.05, 0.1) is 16.5 Å². The van der Waals surface area contributed by atoms with Crippen molar-refractivity contribution in [3.05, 3.63) is 76.8 Å². The van der Waals surface area contributed by atoms with Crippen LogP contribution in [0, 0.1) is 0 Å². The van der Waals surface area contributed by atoms with Crippen LogP contribution in [0.1, 0.15) is 18.1 Å². The Balaban J connectivity index is 1.57. The highest BCUT2D eigenvalue weighted by molar-refractivity contribution is 9.10. The summed E-state index contributed by atoms with van der Waals surface area (Å²) in [5, 5.41) is 2.90. The first-order valence-corrected chi connectivity index (χ1v) is 9.21. The monoisotopic (exact) mass is 413 g/mol. The van der Waals surface area contributed by atoms with Crippen molar-refractivity contribution in [3.63, 3.8) is 0 Å². The van der Waals surface area contributed by atoms with E-state index < -0.39 is 0 Å². The van der Waals surface area contributed by atoms with Crippen LogP contribution in [0.15, 0.2) is 65.7 Å². The van der Waals surface area contributed by atoms with Gasteiger partial charge in [0.2, 0.25) is 0 Å². The maximum atomic E-state index is 12.2. The predicted octanol–water partition coefficient (Wildman–Crippen LogP) is 3.89. The van der Waals surface area contributed by atoms with Gasteiger partial charge in [-0.2, -0.15) is 0 Å². The number of hydrogen-bond donors (Lipinski definition) is 1. The molecule has 26 heavy (non-hydrogen) atoms. The molecular formula is C20H20BrN3O2. The van der Waals surface area contributed by atoms with E-state index in [9.17, 15) is 4.79 Å². The van der Waals surface area contributed by atoms with Crippen molar-refractivity contribution in [1.29, 1.82) is 0 Å². The van der Waals surface area contributed by atoms with E-state index in [0.29, 0.717) is 12.3 Å². The number of para-hydroxylation sites is 1. The SMILES string of the molecule is CCc1ccc(OCC(=O)NCc2ccccc2-n2ccnc2)c(Br)c1. The van der Waals surface area contributed by atoms with Crippen LogP contribution in [0.25, 0.3) is 5.69 Å². The van der Waals surface area contributed by atoms with Gasteiger partial charge in [0.15, 0.2) is 6.61 Å². The summed E-state index contributed by atoms with van der Waals surface area (Å²) in [4.78, 5) is 16.2. The molecule has 0 unspecified atom stereocenters. The van der Waals surface area contributed by atoms with Crippen LogP contribution in [0.3, 0.4) is 0 Å². The van der Waals surface area contributed by atoms with Gasteiger partial charge < -0.3 is 14.6 Å². The zero-order valence-electron chi connectivity index (χ0n) is 14.5. The van der Waals surface area contributed by atoms with Gasteiger partial charge in [-0.1, -0.05) is 31.2 Å². The molecule has 0 fully saturated rings. The Kier molecular flexibility index (Phi) is 6.07. The van der Waals surface area contributed by atoms with Crippen LogP contribution in [0.2, 0.25) is 0 Å². The molecule has 3 aromatic rings. The molecule has 0 aliphatic rings. The smallest absolute Gasteiger partial charge is 0.258 e. The lowest BCUT2D eigenvalue weighted by Crippen LogP contribution is -2.28. The second-order valence-electron chi connectivity index (χ2n) is 5.78. The number of imidazole rings is 1. The molecule has 2 aromatic carbocycles. The molecule has 0 atom stereocenters. The summed E-state index contributed by atoms with van der Waals surface area (Å²) in [7, 11) is 0. The predicted molar refractivity (Wildman–Crippen MR) is 104 cm³/mol. The van der Waals surface area contributed by atoms with E-state index in [4.69, 9.17) is 4.74 Å². The van der Waals surface area contributed by atoms with Gasteiger partial charge in [0, 0.05) is 18.9 Å². The van der Waals surface area contributed by atoms with E-state index in [0.717, 1.165) is 22.1 Å². The molecule has 0 bridgehead atoms. The second-order valence-corrected chi connectivity index (χ2v) is 6.64. The van der Waals surface area contributed by atoms with Crippen molar-refractivity contribution < 1.29 is 9.53 Å². The lowest BCUT2D eigenvalue weighted by atomic mass is 10.1. The number of carbonyl (C=O) groups excluding carboxylic acids is 1. The first kappa shape index (κ1) is 18.2. The van der Waals surface area contributed by atoms with Crippen molar-refractivity contribution in [3.8, 4) is 11.4 Å². The standard InChI is InChI=1S/C20H20BrN3O2/c1-2-15-7-8-19(17(21)11-15)26-13-20(25)23-12-16-5-3-4-6-18(16)24-10-9-22-14-24/h3-11,14H,2,12-13H2,1H3,(H,23,25). The Labute approximate surface area is 161 Å². The first-order valence-electron chi connectivity index (χ1n) is 8.41. The molecule has 0 aliphatic heterocycles. The number of aryl methyl sites for hydroxylation is 1. The second kappa shape index (κ2) is 8.67. The molecule has 0 saturated carbocycles. The largest absolute Gasteiger partial charge is 0.483 e. The van der Waals surface area contributed by atoms with Crippen LogP contribution in [-0.2, 0) is 17.8 Å². The van der Waals surface area contributed by atoms with E-state index in [-0.39, 0.29) is 12.5 Å². The molecule has 0 radical (unpaired) electrons. The molecule has 134 valence electrons. The van der Waals surface area contributed by atoms with Crippen LogP contribution < -0.4 is 10.1 Å². The number of halogens is 1. The molecule has 6 heteroatoms. The first-order chi connectivity index (χ1) is 12.7. The van der Waals surface area contributed by atoms with Gasteiger partial charge in [-0.25, -0.2) is 4.98 Å². The Morgan fingerprint density at radius 3 is 2.85 bits per heavy atom. The van der Waals surface area contributed by atoms with Gasteiger partial charge in [0.1, 0.15) is 5.75 Å². The summed E-state index contributed by atoms with van der Waals surface area (Å²) in [6, 6.07) is 13.8. The quantitative estimate of drug-likeness (QED) is 0.638. The minimum atomic E-state index is -0.170. The Morgan fingerprint density at radius 1 is 1.27 bits per heavy atom. The van der Waals surface area contributed by atoms with E-state index in [1.807, 2.05) is 53.2 Å². The van der Waals surface area contributed by atoms with Crippen molar-refractivity contribution in [1.82, 2.24) is 14.9 Å². The molecule has 0 aliphatic carbocycles. The fraction of sp³-hybridized carbons (Fsp3) is 0.200. The van der Waals surface area contributed by atoms with Crippen LogP contribution in [0.4, 0.5) is 0 Å². The van der Waals surface area contributed by atoms with E-state index in [2.05, 4.69) is 33.2 Å². The summed E-state index contributed by atoms with van der Waals surface area (Å²) in [5.74, 6) is 0.494. The normalized spacial score (nSPS) is 10.5. The summed E-state index contributed by atoms with van der Waals surface area (Å²) >= 11 is 3.48. The topological polar surface area (TPSA) is 56.1 Å². The highest BCUT2D eigenvalue weighted by atomic mass is 79.9. The van der Waals surface area contributed by atoms with Gasteiger partial charge in [-0.3, -0.25) is 4.79 Å². The van der Waals surface area contributed by atoms with Crippen LogP contribution >= 0.6 is 15.9 Å². The number of nitrogens with one attached hydrogen (secondary N) is 1. The fourth-order valence-electron chi connectivity index (χ4n) is 2.58. The number of ether oxygens (including phenoxy) is 1. The number of rotatable bonds is 7. The third-order valence-electron chi connectivity index (χ3n) is 4.01. The minimum absolute atomic E-state index is 0.0304. The maximum absolute atomic E-state index is 12.2. The maximum Gasteiger partial charge on any atom is 0.258 e. The Bertz CT molecular complexity index is 879. The van der Waals surface area contributed by atoms with E-state index in [1.54, 1.807) is 12.5 Å².